The molecule has 136 valence electrons. The lowest BCUT2D eigenvalue weighted by atomic mass is 10.1. The predicted octanol–water partition coefficient (Wildman–Crippen LogP) is 2.17. The Morgan fingerprint density at radius 2 is 2.12 bits per heavy atom. The summed E-state index contributed by atoms with van der Waals surface area (Å²) in [5.41, 5.74) is 2.24. The molecule has 1 aromatic carbocycles. The van der Waals surface area contributed by atoms with Crippen molar-refractivity contribution >= 4 is 5.96 Å². The standard InChI is InChI=1S/C18H28N6O/c1-6-19-18(21-11-17-23-22-12-24(17)5)20-10-15-8-7-14(4)9-16(15)25-13(2)3/h7-9,12-13H,6,10-11H2,1-5H3,(H2,19,20,21). The minimum Gasteiger partial charge on any atom is -0.491 e. The van der Waals surface area contributed by atoms with E-state index in [1.807, 2.05) is 32.4 Å². The molecule has 0 unspecified atom stereocenters. The van der Waals surface area contributed by atoms with E-state index in [1.54, 1.807) is 6.33 Å². The molecule has 0 saturated carbocycles. The van der Waals surface area contributed by atoms with Crippen LogP contribution in [0.4, 0.5) is 0 Å². The van der Waals surface area contributed by atoms with Crippen molar-refractivity contribution in [3.63, 3.8) is 0 Å². The average molecular weight is 344 g/mol. The molecule has 1 heterocycles. The van der Waals surface area contributed by atoms with Crippen LogP contribution in [0.2, 0.25) is 0 Å². The Morgan fingerprint density at radius 1 is 1.32 bits per heavy atom. The van der Waals surface area contributed by atoms with Crippen LogP contribution in [0.5, 0.6) is 5.75 Å². The average Bonchev–Trinajstić information content (AvgIpc) is 2.96. The number of ether oxygens (including phenoxy) is 1. The monoisotopic (exact) mass is 344 g/mol. The minimum absolute atomic E-state index is 0.131. The maximum Gasteiger partial charge on any atom is 0.191 e. The summed E-state index contributed by atoms with van der Waals surface area (Å²) in [7, 11) is 1.92. The molecule has 0 aliphatic rings. The Hall–Kier alpha value is -2.57. The third-order valence-corrected chi connectivity index (χ3v) is 3.56. The zero-order chi connectivity index (χ0) is 18.2. The van der Waals surface area contributed by atoms with Gasteiger partial charge in [-0.2, -0.15) is 0 Å². The highest BCUT2D eigenvalue weighted by Gasteiger charge is 2.07. The van der Waals surface area contributed by atoms with E-state index in [0.29, 0.717) is 13.1 Å². The van der Waals surface area contributed by atoms with Gasteiger partial charge in [0, 0.05) is 19.2 Å². The summed E-state index contributed by atoms with van der Waals surface area (Å²) >= 11 is 0. The fraction of sp³-hybridized carbons (Fsp3) is 0.500. The van der Waals surface area contributed by atoms with Gasteiger partial charge in [0.05, 0.1) is 19.2 Å². The van der Waals surface area contributed by atoms with Crippen LogP contribution in [0.15, 0.2) is 29.5 Å². The van der Waals surface area contributed by atoms with Crippen LogP contribution in [0.25, 0.3) is 0 Å². The van der Waals surface area contributed by atoms with E-state index in [0.717, 1.165) is 29.6 Å². The first-order valence-electron chi connectivity index (χ1n) is 8.60. The van der Waals surface area contributed by atoms with E-state index in [9.17, 15) is 0 Å². The first-order valence-corrected chi connectivity index (χ1v) is 8.60. The Balaban J connectivity index is 2.08. The number of benzene rings is 1. The molecule has 0 saturated heterocycles. The Morgan fingerprint density at radius 3 is 2.76 bits per heavy atom. The quantitative estimate of drug-likeness (QED) is 0.595. The number of hydrogen-bond acceptors (Lipinski definition) is 4. The van der Waals surface area contributed by atoms with Gasteiger partial charge in [0.1, 0.15) is 12.1 Å². The summed E-state index contributed by atoms with van der Waals surface area (Å²) in [6, 6.07) is 6.21. The lowest BCUT2D eigenvalue weighted by molar-refractivity contribution is 0.240. The SMILES string of the molecule is CCNC(=NCc1ccc(C)cc1OC(C)C)NCc1nncn1C. The molecule has 0 radical (unpaired) electrons. The largest absolute Gasteiger partial charge is 0.491 e. The number of nitrogens with zero attached hydrogens (tertiary/aromatic N) is 4. The van der Waals surface area contributed by atoms with Crippen molar-refractivity contribution in [2.45, 2.75) is 46.9 Å². The predicted molar refractivity (Wildman–Crippen MR) is 99.6 cm³/mol. The number of guanidine groups is 1. The fourth-order valence-electron chi connectivity index (χ4n) is 2.29. The molecule has 7 heteroatoms. The van der Waals surface area contributed by atoms with Gasteiger partial charge >= 0.3 is 0 Å². The molecule has 0 fully saturated rings. The second-order valence-electron chi connectivity index (χ2n) is 6.18. The van der Waals surface area contributed by atoms with Crippen LogP contribution in [0, 0.1) is 6.92 Å². The molecule has 0 bridgehead atoms. The molecular formula is C18H28N6O. The molecule has 0 aliphatic heterocycles. The first-order chi connectivity index (χ1) is 12.0. The van der Waals surface area contributed by atoms with Crippen molar-refractivity contribution in [2.75, 3.05) is 6.54 Å². The lowest BCUT2D eigenvalue weighted by Gasteiger charge is -2.15. The molecule has 0 spiro atoms. The summed E-state index contributed by atoms with van der Waals surface area (Å²) in [6.07, 6.45) is 1.81. The van der Waals surface area contributed by atoms with E-state index in [-0.39, 0.29) is 6.10 Å². The third-order valence-electron chi connectivity index (χ3n) is 3.56. The van der Waals surface area contributed by atoms with Gasteiger partial charge in [0.25, 0.3) is 0 Å². The van der Waals surface area contributed by atoms with Gasteiger partial charge in [0.15, 0.2) is 11.8 Å². The molecule has 1 aromatic heterocycles. The smallest absolute Gasteiger partial charge is 0.191 e. The Bertz CT molecular complexity index is 707. The number of aryl methyl sites for hydroxylation is 2. The number of hydrogen-bond donors (Lipinski definition) is 2. The van der Waals surface area contributed by atoms with Crippen LogP contribution in [-0.4, -0.2) is 33.4 Å². The Labute approximate surface area is 149 Å². The van der Waals surface area contributed by atoms with Gasteiger partial charge < -0.3 is 19.9 Å². The van der Waals surface area contributed by atoms with Crippen molar-refractivity contribution in [3.8, 4) is 5.75 Å². The fourth-order valence-corrected chi connectivity index (χ4v) is 2.29. The second-order valence-corrected chi connectivity index (χ2v) is 6.18. The van der Waals surface area contributed by atoms with Gasteiger partial charge in [-0.25, -0.2) is 4.99 Å². The summed E-state index contributed by atoms with van der Waals surface area (Å²) in [5, 5.41) is 14.5. The summed E-state index contributed by atoms with van der Waals surface area (Å²) in [6.45, 7) is 10.0. The van der Waals surface area contributed by atoms with E-state index in [1.165, 1.54) is 5.56 Å². The first kappa shape index (κ1) is 18.8. The van der Waals surface area contributed by atoms with E-state index in [4.69, 9.17) is 4.74 Å². The van der Waals surface area contributed by atoms with Gasteiger partial charge in [-0.1, -0.05) is 12.1 Å². The third kappa shape index (κ3) is 5.77. The minimum atomic E-state index is 0.131. The van der Waals surface area contributed by atoms with Crippen LogP contribution in [0.3, 0.4) is 0 Å². The molecular weight excluding hydrogens is 316 g/mol. The van der Waals surface area contributed by atoms with Gasteiger partial charge in [0.2, 0.25) is 0 Å². The van der Waals surface area contributed by atoms with Crippen molar-refractivity contribution in [1.29, 1.82) is 0 Å². The normalized spacial score (nSPS) is 11.7. The maximum absolute atomic E-state index is 5.92. The number of aromatic nitrogens is 3. The van der Waals surface area contributed by atoms with Crippen molar-refractivity contribution in [3.05, 3.63) is 41.5 Å². The molecule has 2 N–H and O–H groups in total. The highest BCUT2D eigenvalue weighted by atomic mass is 16.5. The zero-order valence-electron chi connectivity index (χ0n) is 15.7. The summed E-state index contributed by atoms with van der Waals surface area (Å²) in [5.74, 6) is 2.48. The molecule has 25 heavy (non-hydrogen) atoms. The number of nitrogens with one attached hydrogen (secondary N) is 2. The van der Waals surface area contributed by atoms with E-state index < -0.39 is 0 Å². The lowest BCUT2D eigenvalue weighted by Crippen LogP contribution is -2.37. The maximum atomic E-state index is 5.92. The highest BCUT2D eigenvalue weighted by Crippen LogP contribution is 2.22. The van der Waals surface area contributed by atoms with Crippen molar-refractivity contribution < 1.29 is 4.74 Å². The molecule has 2 aromatic rings. The van der Waals surface area contributed by atoms with E-state index in [2.05, 4.69) is 50.9 Å². The molecule has 0 atom stereocenters. The number of rotatable bonds is 7. The van der Waals surface area contributed by atoms with Gasteiger partial charge in [-0.15, -0.1) is 10.2 Å². The molecule has 0 aliphatic carbocycles. The Kier molecular flexibility index (Phi) is 6.80. The van der Waals surface area contributed by atoms with Gasteiger partial charge in [-0.3, -0.25) is 0 Å². The van der Waals surface area contributed by atoms with Crippen LogP contribution in [0.1, 0.15) is 37.7 Å². The summed E-state index contributed by atoms with van der Waals surface area (Å²) in [4.78, 5) is 4.67. The van der Waals surface area contributed by atoms with Crippen LogP contribution >= 0.6 is 0 Å². The van der Waals surface area contributed by atoms with E-state index >= 15 is 0 Å². The van der Waals surface area contributed by atoms with Crippen molar-refractivity contribution in [2.24, 2.45) is 12.0 Å². The molecule has 7 nitrogen and oxygen atoms in total. The zero-order valence-corrected chi connectivity index (χ0v) is 15.7. The number of aliphatic imine (C=N–C) groups is 1. The van der Waals surface area contributed by atoms with Gasteiger partial charge in [-0.05, 0) is 39.3 Å². The molecule has 2 rings (SSSR count). The van der Waals surface area contributed by atoms with Crippen molar-refractivity contribution in [1.82, 2.24) is 25.4 Å². The topological polar surface area (TPSA) is 76.4 Å². The van der Waals surface area contributed by atoms with Crippen LogP contribution in [-0.2, 0) is 20.1 Å². The highest BCUT2D eigenvalue weighted by molar-refractivity contribution is 5.79. The second kappa shape index (κ2) is 9.05. The van der Waals surface area contributed by atoms with Crippen LogP contribution < -0.4 is 15.4 Å². The molecule has 0 amide bonds. The summed E-state index contributed by atoms with van der Waals surface area (Å²) < 4.78 is 7.80.